The van der Waals surface area contributed by atoms with Gasteiger partial charge in [0.1, 0.15) is 0 Å². The summed E-state index contributed by atoms with van der Waals surface area (Å²) in [5, 5.41) is 0. The molecule has 1 aromatic rings. The first-order valence-corrected chi connectivity index (χ1v) is 10.5. The van der Waals surface area contributed by atoms with Crippen molar-refractivity contribution in [1.82, 2.24) is 4.90 Å². The monoisotopic (exact) mass is 378 g/mol. The Labute approximate surface area is 165 Å². The van der Waals surface area contributed by atoms with E-state index in [9.17, 15) is 14.4 Å². The molecule has 0 unspecified atom stereocenters. The third kappa shape index (κ3) is 2.55. The van der Waals surface area contributed by atoms with E-state index < -0.39 is 0 Å². The molecule has 0 N–H and O–H groups in total. The maximum Gasteiger partial charge on any atom is 0.253 e. The standard InChI is InChI=1S/C23H26N2O3/c1-24(17-5-3-2-4-6-17)21(26)14-9-11-18(12-10-14)25-22(27)19-15-7-8-16(13-15)20(19)23(25)28/h7-12,15-17,19-20H,2-6,13H2,1H3/t15-,16-,19-,20-/m0/s1. The van der Waals surface area contributed by atoms with E-state index in [2.05, 4.69) is 12.2 Å². The maximum atomic E-state index is 12.9. The number of allylic oxidation sites excluding steroid dienone is 2. The Kier molecular flexibility index (Phi) is 4.14. The molecule has 1 aliphatic heterocycles. The summed E-state index contributed by atoms with van der Waals surface area (Å²) in [6.45, 7) is 0. The zero-order valence-electron chi connectivity index (χ0n) is 16.2. The molecule has 2 saturated carbocycles. The van der Waals surface area contributed by atoms with Crippen molar-refractivity contribution in [2.75, 3.05) is 11.9 Å². The minimum atomic E-state index is -0.193. The number of nitrogens with zero attached hydrogens (tertiary/aromatic N) is 2. The summed E-state index contributed by atoms with van der Waals surface area (Å²) in [5.74, 6) is -0.113. The fourth-order valence-electron chi connectivity index (χ4n) is 5.75. The number of imide groups is 1. The largest absolute Gasteiger partial charge is 0.339 e. The van der Waals surface area contributed by atoms with Gasteiger partial charge in [-0.25, -0.2) is 0 Å². The van der Waals surface area contributed by atoms with E-state index in [1.165, 1.54) is 24.2 Å². The average Bonchev–Trinajstić information content (AvgIpc) is 3.41. The molecule has 4 atom stereocenters. The Bertz CT molecular complexity index is 823. The first-order chi connectivity index (χ1) is 13.6. The molecular weight excluding hydrogens is 352 g/mol. The molecule has 0 spiro atoms. The van der Waals surface area contributed by atoms with Crippen LogP contribution in [-0.4, -0.2) is 35.7 Å². The molecule has 1 saturated heterocycles. The van der Waals surface area contributed by atoms with Crippen LogP contribution in [0.3, 0.4) is 0 Å². The van der Waals surface area contributed by atoms with Crippen LogP contribution in [0.4, 0.5) is 5.69 Å². The van der Waals surface area contributed by atoms with Crippen molar-refractivity contribution in [3.05, 3.63) is 42.0 Å². The second-order valence-corrected chi connectivity index (χ2v) is 8.77. The van der Waals surface area contributed by atoms with E-state index >= 15 is 0 Å². The molecule has 1 aromatic carbocycles. The molecule has 5 heteroatoms. The Morgan fingerprint density at radius 2 is 1.50 bits per heavy atom. The van der Waals surface area contributed by atoms with E-state index in [4.69, 9.17) is 0 Å². The molecular formula is C23H26N2O3. The van der Waals surface area contributed by atoms with Gasteiger partial charge >= 0.3 is 0 Å². The molecule has 5 nitrogen and oxygen atoms in total. The van der Waals surface area contributed by atoms with Gasteiger partial charge in [0.25, 0.3) is 5.91 Å². The lowest BCUT2D eigenvalue weighted by atomic mass is 9.85. The molecule has 0 radical (unpaired) electrons. The van der Waals surface area contributed by atoms with Gasteiger partial charge in [-0.05, 0) is 55.4 Å². The van der Waals surface area contributed by atoms with Gasteiger partial charge in [-0.1, -0.05) is 31.4 Å². The van der Waals surface area contributed by atoms with Crippen LogP contribution in [0.2, 0.25) is 0 Å². The number of amides is 3. The van der Waals surface area contributed by atoms with E-state index in [1.807, 2.05) is 11.9 Å². The van der Waals surface area contributed by atoms with Crippen LogP contribution in [0, 0.1) is 23.7 Å². The lowest BCUT2D eigenvalue weighted by molar-refractivity contribution is -0.123. The van der Waals surface area contributed by atoms with E-state index in [1.54, 1.807) is 24.3 Å². The second kappa shape index (κ2) is 6.57. The topological polar surface area (TPSA) is 57.7 Å². The van der Waals surface area contributed by atoms with Crippen LogP contribution >= 0.6 is 0 Å². The molecule has 3 fully saturated rings. The highest BCUT2D eigenvalue weighted by molar-refractivity contribution is 6.22. The summed E-state index contributed by atoms with van der Waals surface area (Å²) in [6, 6.07) is 7.30. The number of carbonyl (C=O) groups is 3. The summed E-state index contributed by atoms with van der Waals surface area (Å²) < 4.78 is 0. The smallest absolute Gasteiger partial charge is 0.253 e. The molecule has 4 aliphatic rings. The summed E-state index contributed by atoms with van der Waals surface area (Å²) in [4.78, 5) is 41.9. The number of anilines is 1. The van der Waals surface area contributed by atoms with Crippen molar-refractivity contribution in [3.8, 4) is 0 Å². The van der Waals surface area contributed by atoms with Crippen molar-refractivity contribution >= 4 is 23.4 Å². The van der Waals surface area contributed by atoms with Crippen molar-refractivity contribution in [3.63, 3.8) is 0 Å². The summed E-state index contributed by atoms with van der Waals surface area (Å²) in [5.41, 5.74) is 1.19. The Morgan fingerprint density at radius 1 is 0.929 bits per heavy atom. The molecule has 0 aromatic heterocycles. The maximum absolute atomic E-state index is 12.9. The van der Waals surface area contributed by atoms with Crippen LogP contribution in [-0.2, 0) is 9.59 Å². The highest BCUT2D eigenvalue weighted by atomic mass is 16.2. The first-order valence-electron chi connectivity index (χ1n) is 10.5. The molecule has 5 rings (SSSR count). The highest BCUT2D eigenvalue weighted by Crippen LogP contribution is 2.53. The molecule has 1 heterocycles. The lowest BCUT2D eigenvalue weighted by Crippen LogP contribution is -2.38. The van der Waals surface area contributed by atoms with Gasteiger partial charge in [-0.15, -0.1) is 0 Å². The Balaban J connectivity index is 1.34. The van der Waals surface area contributed by atoms with Gasteiger partial charge in [-0.3, -0.25) is 19.3 Å². The zero-order chi connectivity index (χ0) is 19.4. The summed E-state index contributed by atoms with van der Waals surface area (Å²) in [6.07, 6.45) is 10.9. The second-order valence-electron chi connectivity index (χ2n) is 8.77. The minimum Gasteiger partial charge on any atom is -0.339 e. The third-order valence-corrected chi connectivity index (χ3v) is 7.29. The van der Waals surface area contributed by atoms with Crippen LogP contribution in [0.5, 0.6) is 0 Å². The number of carbonyl (C=O) groups excluding carboxylic acids is 3. The van der Waals surface area contributed by atoms with Crippen LogP contribution < -0.4 is 4.90 Å². The van der Waals surface area contributed by atoms with Gasteiger partial charge in [0.2, 0.25) is 11.8 Å². The quantitative estimate of drug-likeness (QED) is 0.598. The molecule has 28 heavy (non-hydrogen) atoms. The van der Waals surface area contributed by atoms with Crippen molar-refractivity contribution in [2.45, 2.75) is 44.6 Å². The van der Waals surface area contributed by atoms with E-state index in [0.29, 0.717) is 17.3 Å². The number of hydrogen-bond acceptors (Lipinski definition) is 3. The van der Waals surface area contributed by atoms with Crippen molar-refractivity contribution in [1.29, 1.82) is 0 Å². The Hall–Kier alpha value is -2.43. The van der Waals surface area contributed by atoms with Gasteiger partial charge in [0, 0.05) is 18.7 Å². The number of rotatable bonds is 3. The molecule has 3 amide bonds. The normalized spacial score (nSPS) is 31.5. The van der Waals surface area contributed by atoms with Crippen LogP contribution in [0.1, 0.15) is 48.9 Å². The van der Waals surface area contributed by atoms with Gasteiger partial charge in [0.15, 0.2) is 0 Å². The molecule has 2 bridgehead atoms. The van der Waals surface area contributed by atoms with E-state index in [0.717, 1.165) is 19.3 Å². The van der Waals surface area contributed by atoms with Gasteiger partial charge in [-0.2, -0.15) is 0 Å². The predicted molar refractivity (Wildman–Crippen MR) is 106 cm³/mol. The fraction of sp³-hybridized carbons (Fsp3) is 0.522. The summed E-state index contributed by atoms with van der Waals surface area (Å²) >= 11 is 0. The predicted octanol–water partition coefficient (Wildman–Crippen LogP) is 3.40. The Morgan fingerprint density at radius 3 is 2.07 bits per heavy atom. The van der Waals surface area contributed by atoms with Gasteiger partial charge < -0.3 is 4.90 Å². The lowest BCUT2D eigenvalue weighted by Gasteiger charge is -2.31. The number of fused-ring (bicyclic) bond motifs is 5. The van der Waals surface area contributed by atoms with Gasteiger partial charge in [0.05, 0.1) is 17.5 Å². The molecule has 146 valence electrons. The first kappa shape index (κ1) is 17.7. The van der Waals surface area contributed by atoms with Crippen molar-refractivity contribution in [2.24, 2.45) is 23.7 Å². The fourth-order valence-corrected chi connectivity index (χ4v) is 5.75. The van der Waals surface area contributed by atoms with Crippen LogP contribution in [0.15, 0.2) is 36.4 Å². The minimum absolute atomic E-state index is 0.0108. The van der Waals surface area contributed by atoms with Crippen molar-refractivity contribution < 1.29 is 14.4 Å². The van der Waals surface area contributed by atoms with Crippen LogP contribution in [0.25, 0.3) is 0 Å². The zero-order valence-corrected chi connectivity index (χ0v) is 16.2. The van der Waals surface area contributed by atoms with E-state index in [-0.39, 0.29) is 41.4 Å². The number of benzene rings is 1. The average molecular weight is 378 g/mol. The number of hydrogen-bond donors (Lipinski definition) is 0. The molecule has 3 aliphatic carbocycles. The SMILES string of the molecule is CN(C(=O)c1ccc(N2C(=O)[C@@H]3[C@@H](C2=O)[C@H]2C=C[C@H]3C2)cc1)C1CCCCC1. The summed E-state index contributed by atoms with van der Waals surface area (Å²) in [7, 11) is 1.88. The third-order valence-electron chi connectivity index (χ3n) is 7.29. The highest BCUT2D eigenvalue weighted by Gasteiger charge is 2.59.